The van der Waals surface area contributed by atoms with Crippen LogP contribution in [0.5, 0.6) is 0 Å². The van der Waals surface area contributed by atoms with E-state index in [0.717, 1.165) is 23.1 Å². The lowest BCUT2D eigenvalue weighted by atomic mass is 10.1. The quantitative estimate of drug-likeness (QED) is 0.904. The highest BCUT2D eigenvalue weighted by atomic mass is 79.9. The monoisotopic (exact) mass is 298 g/mol. The Labute approximate surface area is 109 Å². The van der Waals surface area contributed by atoms with E-state index >= 15 is 0 Å². The standard InChI is InChI=1S/C12H15BrN2O2/c1-9-2-3-11(13)10(8-9)12(16)14-15-4-6-17-7-5-15/h2-3,8H,4-7H2,1H3,(H,14,16). The summed E-state index contributed by atoms with van der Waals surface area (Å²) in [5.74, 6) is -0.0810. The Hall–Kier alpha value is -0.910. The van der Waals surface area contributed by atoms with Crippen LogP contribution >= 0.6 is 15.9 Å². The largest absolute Gasteiger partial charge is 0.379 e. The lowest BCUT2D eigenvalue weighted by molar-refractivity contribution is 0.0126. The summed E-state index contributed by atoms with van der Waals surface area (Å²) in [6, 6.07) is 5.74. The van der Waals surface area contributed by atoms with E-state index in [1.54, 1.807) is 0 Å². The van der Waals surface area contributed by atoms with Crippen molar-refractivity contribution in [2.24, 2.45) is 0 Å². The molecule has 0 radical (unpaired) electrons. The highest BCUT2D eigenvalue weighted by Crippen LogP contribution is 2.18. The molecule has 1 heterocycles. The number of benzene rings is 1. The molecule has 1 fully saturated rings. The van der Waals surface area contributed by atoms with Gasteiger partial charge in [0.25, 0.3) is 5.91 Å². The summed E-state index contributed by atoms with van der Waals surface area (Å²) in [5.41, 5.74) is 4.62. The average molecular weight is 299 g/mol. The molecule has 0 aromatic heterocycles. The second kappa shape index (κ2) is 5.62. The Kier molecular flexibility index (Phi) is 4.15. The molecule has 1 aromatic carbocycles. The van der Waals surface area contributed by atoms with E-state index in [2.05, 4.69) is 21.4 Å². The molecule has 1 saturated heterocycles. The van der Waals surface area contributed by atoms with E-state index in [0.29, 0.717) is 18.8 Å². The van der Waals surface area contributed by atoms with E-state index in [1.807, 2.05) is 30.1 Å². The van der Waals surface area contributed by atoms with Crippen LogP contribution < -0.4 is 5.43 Å². The SMILES string of the molecule is Cc1ccc(Br)c(C(=O)NN2CCOCC2)c1. The summed E-state index contributed by atoms with van der Waals surface area (Å²) < 4.78 is 6.04. The minimum atomic E-state index is -0.0810. The van der Waals surface area contributed by atoms with Gasteiger partial charge in [0.2, 0.25) is 0 Å². The number of nitrogens with zero attached hydrogens (tertiary/aromatic N) is 1. The number of hydrogen-bond donors (Lipinski definition) is 1. The Morgan fingerprint density at radius 3 is 2.82 bits per heavy atom. The highest BCUT2D eigenvalue weighted by molar-refractivity contribution is 9.10. The molecule has 1 aliphatic heterocycles. The molecule has 1 aliphatic rings. The minimum absolute atomic E-state index is 0.0810. The van der Waals surface area contributed by atoms with E-state index in [1.165, 1.54) is 0 Å². The molecule has 0 saturated carbocycles. The lowest BCUT2D eigenvalue weighted by Crippen LogP contribution is -2.48. The van der Waals surface area contributed by atoms with Gasteiger partial charge in [-0.1, -0.05) is 11.6 Å². The van der Waals surface area contributed by atoms with Crippen molar-refractivity contribution in [3.05, 3.63) is 33.8 Å². The molecular weight excluding hydrogens is 284 g/mol. The molecule has 2 rings (SSSR count). The first-order valence-corrected chi connectivity index (χ1v) is 6.36. The fourth-order valence-corrected chi connectivity index (χ4v) is 2.12. The molecule has 4 nitrogen and oxygen atoms in total. The zero-order valence-corrected chi connectivity index (χ0v) is 11.3. The molecule has 1 N–H and O–H groups in total. The van der Waals surface area contributed by atoms with Crippen molar-refractivity contribution in [1.29, 1.82) is 0 Å². The fraction of sp³-hybridized carbons (Fsp3) is 0.417. The average Bonchev–Trinajstić information content (AvgIpc) is 2.33. The van der Waals surface area contributed by atoms with Gasteiger partial charge < -0.3 is 4.74 Å². The number of rotatable bonds is 2. The molecule has 1 amide bonds. The molecule has 1 aromatic rings. The molecular formula is C12H15BrN2O2. The first-order valence-electron chi connectivity index (χ1n) is 5.56. The maximum atomic E-state index is 12.1. The van der Waals surface area contributed by atoms with Crippen LogP contribution in [0.4, 0.5) is 0 Å². The number of hydrogen-bond acceptors (Lipinski definition) is 3. The Bertz CT molecular complexity index is 417. The maximum absolute atomic E-state index is 12.1. The van der Waals surface area contributed by atoms with Gasteiger partial charge in [-0.2, -0.15) is 0 Å². The molecule has 17 heavy (non-hydrogen) atoms. The highest BCUT2D eigenvalue weighted by Gasteiger charge is 2.16. The molecule has 0 unspecified atom stereocenters. The van der Waals surface area contributed by atoms with E-state index < -0.39 is 0 Å². The van der Waals surface area contributed by atoms with Crippen LogP contribution in [0.25, 0.3) is 0 Å². The molecule has 0 bridgehead atoms. The topological polar surface area (TPSA) is 41.6 Å². The van der Waals surface area contributed by atoms with Gasteiger partial charge in [0, 0.05) is 17.6 Å². The third-order valence-electron chi connectivity index (χ3n) is 2.64. The molecule has 0 atom stereocenters. The lowest BCUT2D eigenvalue weighted by Gasteiger charge is -2.27. The first kappa shape index (κ1) is 12.5. The normalized spacial score (nSPS) is 16.8. The van der Waals surface area contributed by atoms with Crippen molar-refractivity contribution < 1.29 is 9.53 Å². The van der Waals surface area contributed by atoms with Gasteiger partial charge in [-0.3, -0.25) is 10.2 Å². The predicted octanol–water partition coefficient (Wildman–Crippen LogP) is 1.73. The summed E-state index contributed by atoms with van der Waals surface area (Å²) >= 11 is 3.39. The number of hydrazine groups is 1. The van der Waals surface area contributed by atoms with Crippen LogP contribution in [-0.2, 0) is 4.74 Å². The Morgan fingerprint density at radius 2 is 2.12 bits per heavy atom. The second-order valence-corrected chi connectivity index (χ2v) is 4.88. The van der Waals surface area contributed by atoms with Crippen LogP contribution in [0.1, 0.15) is 15.9 Å². The first-order chi connectivity index (χ1) is 8.16. The van der Waals surface area contributed by atoms with Gasteiger partial charge in [0.1, 0.15) is 0 Å². The van der Waals surface area contributed by atoms with Crippen LogP contribution in [0.15, 0.2) is 22.7 Å². The Balaban J connectivity index is 2.05. The van der Waals surface area contributed by atoms with E-state index in [-0.39, 0.29) is 5.91 Å². The molecule has 0 spiro atoms. The summed E-state index contributed by atoms with van der Waals surface area (Å²) in [6.45, 7) is 4.76. The van der Waals surface area contributed by atoms with Crippen molar-refractivity contribution in [1.82, 2.24) is 10.4 Å². The van der Waals surface area contributed by atoms with Crippen LogP contribution in [-0.4, -0.2) is 37.2 Å². The number of halogens is 1. The third-order valence-corrected chi connectivity index (χ3v) is 3.33. The van der Waals surface area contributed by atoms with Crippen molar-refractivity contribution in [2.45, 2.75) is 6.92 Å². The van der Waals surface area contributed by atoms with Crippen LogP contribution in [0.3, 0.4) is 0 Å². The fourth-order valence-electron chi connectivity index (χ4n) is 1.69. The van der Waals surface area contributed by atoms with Gasteiger partial charge in [-0.25, -0.2) is 5.01 Å². The Morgan fingerprint density at radius 1 is 1.41 bits per heavy atom. The number of nitrogens with one attached hydrogen (secondary N) is 1. The smallest absolute Gasteiger partial charge is 0.266 e. The zero-order valence-electron chi connectivity index (χ0n) is 9.70. The number of amides is 1. The zero-order chi connectivity index (χ0) is 12.3. The summed E-state index contributed by atoms with van der Waals surface area (Å²) in [7, 11) is 0. The number of carbonyl (C=O) groups is 1. The summed E-state index contributed by atoms with van der Waals surface area (Å²) in [6.07, 6.45) is 0. The van der Waals surface area contributed by atoms with Gasteiger partial charge in [0.05, 0.1) is 18.8 Å². The van der Waals surface area contributed by atoms with Gasteiger partial charge in [-0.05, 0) is 35.0 Å². The number of aryl methyl sites for hydroxylation is 1. The van der Waals surface area contributed by atoms with E-state index in [9.17, 15) is 4.79 Å². The molecule has 0 aliphatic carbocycles. The van der Waals surface area contributed by atoms with Gasteiger partial charge >= 0.3 is 0 Å². The van der Waals surface area contributed by atoms with Gasteiger partial charge in [-0.15, -0.1) is 0 Å². The number of morpholine rings is 1. The summed E-state index contributed by atoms with van der Waals surface area (Å²) in [5, 5.41) is 1.89. The van der Waals surface area contributed by atoms with Gasteiger partial charge in [0.15, 0.2) is 0 Å². The van der Waals surface area contributed by atoms with Crippen molar-refractivity contribution >= 4 is 21.8 Å². The van der Waals surface area contributed by atoms with Crippen molar-refractivity contribution in [2.75, 3.05) is 26.3 Å². The number of carbonyl (C=O) groups excluding carboxylic acids is 1. The predicted molar refractivity (Wildman–Crippen MR) is 68.7 cm³/mol. The molecule has 92 valence electrons. The van der Waals surface area contributed by atoms with Crippen LogP contribution in [0.2, 0.25) is 0 Å². The summed E-state index contributed by atoms with van der Waals surface area (Å²) in [4.78, 5) is 12.1. The molecule has 5 heteroatoms. The minimum Gasteiger partial charge on any atom is -0.379 e. The van der Waals surface area contributed by atoms with Crippen LogP contribution in [0, 0.1) is 6.92 Å². The van der Waals surface area contributed by atoms with E-state index in [4.69, 9.17) is 4.74 Å². The van der Waals surface area contributed by atoms with Crippen molar-refractivity contribution in [3.8, 4) is 0 Å². The second-order valence-electron chi connectivity index (χ2n) is 4.02. The van der Waals surface area contributed by atoms with Crippen molar-refractivity contribution in [3.63, 3.8) is 0 Å². The number of ether oxygens (including phenoxy) is 1. The third kappa shape index (κ3) is 3.28. The maximum Gasteiger partial charge on any atom is 0.266 e.